The topological polar surface area (TPSA) is 151 Å². The van der Waals surface area contributed by atoms with E-state index in [1.165, 1.54) is 13.3 Å². The van der Waals surface area contributed by atoms with Crippen LogP contribution in [-0.2, 0) is 24.7 Å². The first-order chi connectivity index (χ1) is 14.7. The first-order valence-electron chi connectivity index (χ1n) is 9.14. The molecule has 0 aliphatic heterocycles. The van der Waals surface area contributed by atoms with Gasteiger partial charge in [0.25, 0.3) is 0 Å². The van der Waals surface area contributed by atoms with Crippen molar-refractivity contribution in [2.75, 3.05) is 13.7 Å². The Kier molecular flexibility index (Phi) is 8.29. The number of aromatic nitrogens is 2. The molecule has 2 aromatic heterocycles. The van der Waals surface area contributed by atoms with Crippen molar-refractivity contribution in [2.45, 2.75) is 18.9 Å². The molecule has 0 spiro atoms. The number of nitrogens with two attached hydrogens (primary N) is 2. The molecule has 2 rings (SSSR count). The highest BCUT2D eigenvalue weighted by Crippen LogP contribution is 2.25. The number of ether oxygens (including phenoxy) is 2. The average Bonchev–Trinajstić information content (AvgIpc) is 2.76. The summed E-state index contributed by atoms with van der Waals surface area (Å²) in [6.07, 6.45) is 5.29. The number of hydrogen-bond donors (Lipinski definition) is 3. The molecule has 31 heavy (non-hydrogen) atoms. The fourth-order valence-electron chi connectivity index (χ4n) is 2.60. The lowest BCUT2D eigenvalue weighted by Crippen LogP contribution is -2.25. The average molecular weight is 491 g/mol. The molecule has 1 unspecified atom stereocenters. The van der Waals surface area contributed by atoms with E-state index in [1.807, 2.05) is 0 Å². The molecule has 0 bridgehead atoms. The Labute approximate surface area is 187 Å². The quantitative estimate of drug-likeness (QED) is 0.371. The van der Waals surface area contributed by atoms with E-state index in [1.54, 1.807) is 37.4 Å². The van der Waals surface area contributed by atoms with Gasteiger partial charge in [-0.1, -0.05) is 6.07 Å². The van der Waals surface area contributed by atoms with E-state index in [2.05, 4.69) is 30.6 Å². The highest BCUT2D eigenvalue weighted by molar-refractivity contribution is 9.10. The predicted molar refractivity (Wildman–Crippen MR) is 118 cm³/mol. The molecule has 2 heterocycles. The number of hydrogen-bond acceptors (Lipinski definition) is 9. The van der Waals surface area contributed by atoms with Gasteiger partial charge in [-0.25, -0.2) is 9.59 Å². The van der Waals surface area contributed by atoms with Crippen molar-refractivity contribution in [1.29, 1.82) is 0 Å². The van der Waals surface area contributed by atoms with Gasteiger partial charge in [-0.05, 0) is 41.1 Å². The molecule has 9 nitrogen and oxygen atoms in total. The molecule has 0 fully saturated rings. The number of aliphatic hydroxyl groups is 1. The maximum atomic E-state index is 12.3. The second kappa shape index (κ2) is 10.7. The highest BCUT2D eigenvalue weighted by atomic mass is 79.9. The van der Waals surface area contributed by atoms with Crippen LogP contribution in [0.5, 0.6) is 0 Å². The smallest absolute Gasteiger partial charge is 0.341 e. The standard InChI is InChI=1S/C21H23BrN4O5/c1-21(29,13-3-5-17(25-11-13)15(9-23)19(27)30-2)7-8-31-20(28)16(10-24)18-6-4-14(22)12-26-18/h3-6,9-12,29H,7-8,23-24H2,1-2H3. The lowest BCUT2D eigenvalue weighted by Gasteiger charge is -2.23. The molecule has 0 saturated carbocycles. The summed E-state index contributed by atoms with van der Waals surface area (Å²) >= 11 is 3.27. The molecule has 0 aliphatic carbocycles. The minimum atomic E-state index is -1.34. The number of pyridine rings is 2. The van der Waals surface area contributed by atoms with Gasteiger partial charge in [0.2, 0.25) is 0 Å². The summed E-state index contributed by atoms with van der Waals surface area (Å²) in [6, 6.07) is 6.51. The Balaban J connectivity index is 2.01. The zero-order valence-corrected chi connectivity index (χ0v) is 18.6. The number of carbonyl (C=O) groups excluding carboxylic acids is 2. The molecule has 2 aromatic rings. The van der Waals surface area contributed by atoms with Crippen LogP contribution in [0.3, 0.4) is 0 Å². The highest BCUT2D eigenvalue weighted by Gasteiger charge is 2.25. The molecule has 0 aromatic carbocycles. The van der Waals surface area contributed by atoms with Crippen molar-refractivity contribution in [3.63, 3.8) is 0 Å². The van der Waals surface area contributed by atoms with Gasteiger partial charge in [-0.15, -0.1) is 0 Å². The lowest BCUT2D eigenvalue weighted by atomic mass is 9.94. The van der Waals surface area contributed by atoms with Crippen LogP contribution < -0.4 is 11.5 Å². The Hall–Kier alpha value is -3.24. The fourth-order valence-corrected chi connectivity index (χ4v) is 2.83. The number of methoxy groups -OCH3 is 1. The van der Waals surface area contributed by atoms with E-state index >= 15 is 0 Å². The van der Waals surface area contributed by atoms with E-state index in [-0.39, 0.29) is 24.2 Å². The van der Waals surface area contributed by atoms with Gasteiger partial charge in [-0.2, -0.15) is 0 Å². The van der Waals surface area contributed by atoms with E-state index in [0.29, 0.717) is 17.0 Å². The lowest BCUT2D eigenvalue weighted by molar-refractivity contribution is -0.138. The van der Waals surface area contributed by atoms with Crippen LogP contribution in [0.1, 0.15) is 30.3 Å². The summed E-state index contributed by atoms with van der Waals surface area (Å²) in [6.45, 7) is 1.49. The Morgan fingerprint density at radius 2 is 1.65 bits per heavy atom. The van der Waals surface area contributed by atoms with Crippen LogP contribution in [0.4, 0.5) is 0 Å². The van der Waals surface area contributed by atoms with Crippen LogP contribution in [0.25, 0.3) is 11.1 Å². The third kappa shape index (κ3) is 6.12. The third-order valence-corrected chi connectivity index (χ3v) is 4.91. The van der Waals surface area contributed by atoms with Gasteiger partial charge in [0.15, 0.2) is 0 Å². The summed E-state index contributed by atoms with van der Waals surface area (Å²) < 4.78 is 10.7. The molecule has 0 radical (unpaired) electrons. The van der Waals surface area contributed by atoms with Crippen molar-refractivity contribution >= 4 is 39.0 Å². The minimum Gasteiger partial charge on any atom is -0.465 e. The number of nitrogens with zero attached hydrogens (tertiary/aromatic N) is 2. The molecule has 1 atom stereocenters. The number of esters is 2. The number of halogens is 1. The summed E-state index contributed by atoms with van der Waals surface area (Å²) in [5.41, 5.74) is 11.0. The first kappa shape index (κ1) is 24.0. The summed E-state index contributed by atoms with van der Waals surface area (Å²) in [7, 11) is 1.24. The predicted octanol–water partition coefficient (Wildman–Crippen LogP) is 1.85. The molecular weight excluding hydrogens is 468 g/mol. The van der Waals surface area contributed by atoms with Gasteiger partial charge in [0.1, 0.15) is 11.1 Å². The zero-order valence-electron chi connectivity index (χ0n) is 17.0. The van der Waals surface area contributed by atoms with Crippen molar-refractivity contribution in [3.05, 3.63) is 70.5 Å². The maximum absolute atomic E-state index is 12.3. The second-order valence-electron chi connectivity index (χ2n) is 6.61. The second-order valence-corrected chi connectivity index (χ2v) is 7.52. The number of carbonyl (C=O) groups is 2. The maximum Gasteiger partial charge on any atom is 0.341 e. The normalized spacial score (nSPS) is 13.9. The Bertz CT molecular complexity index is 986. The van der Waals surface area contributed by atoms with Crippen molar-refractivity contribution in [1.82, 2.24) is 9.97 Å². The van der Waals surface area contributed by atoms with Gasteiger partial charge in [-0.3, -0.25) is 9.97 Å². The van der Waals surface area contributed by atoms with Crippen LogP contribution >= 0.6 is 15.9 Å². The van der Waals surface area contributed by atoms with Gasteiger partial charge in [0.05, 0.1) is 30.7 Å². The Morgan fingerprint density at radius 3 is 2.13 bits per heavy atom. The molecule has 0 aliphatic rings. The monoisotopic (exact) mass is 490 g/mol. The fraction of sp³-hybridized carbons (Fsp3) is 0.238. The summed E-state index contributed by atoms with van der Waals surface area (Å²) in [4.78, 5) is 32.3. The SMILES string of the molecule is COC(=O)C(=CN)c1ccc(C(C)(O)CCOC(=O)C(=CN)c2ccc(Br)cn2)cn1. The third-order valence-electron chi connectivity index (χ3n) is 4.45. The van der Waals surface area contributed by atoms with Crippen molar-refractivity contribution in [2.24, 2.45) is 11.5 Å². The first-order valence-corrected chi connectivity index (χ1v) is 9.93. The largest absolute Gasteiger partial charge is 0.465 e. The molecule has 10 heteroatoms. The molecule has 0 amide bonds. The summed E-state index contributed by atoms with van der Waals surface area (Å²) in [5, 5.41) is 10.8. The minimum absolute atomic E-state index is 0.0719. The van der Waals surface area contributed by atoms with Crippen LogP contribution in [0.15, 0.2) is 53.5 Å². The summed E-state index contributed by atoms with van der Waals surface area (Å²) in [5.74, 6) is -1.28. The Morgan fingerprint density at radius 1 is 1.06 bits per heavy atom. The molecular formula is C21H23BrN4O5. The van der Waals surface area contributed by atoms with Crippen LogP contribution in [0, 0.1) is 0 Å². The van der Waals surface area contributed by atoms with Crippen LogP contribution in [0.2, 0.25) is 0 Å². The van der Waals surface area contributed by atoms with Gasteiger partial charge >= 0.3 is 11.9 Å². The zero-order chi connectivity index (χ0) is 23.0. The van der Waals surface area contributed by atoms with E-state index in [0.717, 1.165) is 16.9 Å². The molecule has 164 valence electrons. The number of rotatable bonds is 8. The molecule has 5 N–H and O–H groups in total. The van der Waals surface area contributed by atoms with E-state index < -0.39 is 17.5 Å². The van der Waals surface area contributed by atoms with Crippen molar-refractivity contribution in [3.8, 4) is 0 Å². The van der Waals surface area contributed by atoms with Crippen LogP contribution in [-0.4, -0.2) is 40.7 Å². The van der Waals surface area contributed by atoms with Crippen molar-refractivity contribution < 1.29 is 24.2 Å². The van der Waals surface area contributed by atoms with E-state index in [9.17, 15) is 14.7 Å². The van der Waals surface area contributed by atoms with Gasteiger partial charge in [0, 0.05) is 41.3 Å². The van der Waals surface area contributed by atoms with Gasteiger partial charge < -0.3 is 26.0 Å². The van der Waals surface area contributed by atoms with E-state index in [4.69, 9.17) is 16.2 Å². The molecule has 0 saturated heterocycles.